The van der Waals surface area contributed by atoms with Crippen LogP contribution in [0.5, 0.6) is 5.88 Å². The van der Waals surface area contributed by atoms with Crippen LogP contribution in [0.2, 0.25) is 0 Å². The minimum Gasteiger partial charge on any atom is -0.473 e. The molecule has 8 heteroatoms. The first-order valence-electron chi connectivity index (χ1n) is 15.4. The molecule has 6 rings (SSSR count). The first kappa shape index (κ1) is 29.1. The molecule has 2 saturated carbocycles. The van der Waals surface area contributed by atoms with Crippen LogP contribution in [0.15, 0.2) is 60.8 Å². The Kier molecular flexibility index (Phi) is 8.12. The molecular formula is C35H40FN3O4. The summed E-state index contributed by atoms with van der Waals surface area (Å²) in [6.45, 7) is 5.79. The number of amides is 2. The Morgan fingerprint density at radius 2 is 1.70 bits per heavy atom. The standard InChI is InChI=1S/C35H40FN3O4/c1-35(2,3)43-34(41)39-31(30(22-9-10-22)23-11-12-23)32(40)38-26-14-16-27-24(17-26)13-15-28(27)29-18-25(36)19-37-33(29)42-20-21-7-5-4-6-8-21/h4-8,14,16-19,22-23,28,30-31H,9-13,15,20H2,1-3H3,(H,38,40)(H,39,41)/t28?,31-/m0/s1. The quantitative estimate of drug-likeness (QED) is 0.264. The SMILES string of the molecule is CC(C)(C)OC(=O)N[C@H](C(=O)Nc1ccc2c(c1)CCC2c1cc(F)cnc1OCc1ccccc1)C(C1CC1)C1CC1. The molecule has 3 aromatic rings. The van der Waals surface area contributed by atoms with Crippen molar-refractivity contribution in [2.75, 3.05) is 5.32 Å². The Balaban J connectivity index is 1.19. The molecule has 2 aromatic carbocycles. The molecule has 1 heterocycles. The number of benzene rings is 2. The maximum atomic E-state index is 14.4. The smallest absolute Gasteiger partial charge is 0.408 e. The van der Waals surface area contributed by atoms with Gasteiger partial charge in [-0.2, -0.15) is 0 Å². The summed E-state index contributed by atoms with van der Waals surface area (Å²) in [5.74, 6) is 0.779. The highest BCUT2D eigenvalue weighted by Crippen LogP contribution is 2.51. The molecule has 7 nitrogen and oxygen atoms in total. The Morgan fingerprint density at radius 1 is 0.977 bits per heavy atom. The first-order valence-corrected chi connectivity index (χ1v) is 15.4. The number of nitrogens with zero attached hydrogens (tertiary/aromatic N) is 1. The van der Waals surface area contributed by atoms with Crippen LogP contribution in [-0.4, -0.2) is 28.6 Å². The topological polar surface area (TPSA) is 89.5 Å². The van der Waals surface area contributed by atoms with Crippen molar-refractivity contribution in [3.63, 3.8) is 0 Å². The van der Waals surface area contributed by atoms with E-state index in [1.54, 1.807) is 0 Å². The van der Waals surface area contributed by atoms with Gasteiger partial charge in [0.2, 0.25) is 11.8 Å². The van der Waals surface area contributed by atoms with Crippen molar-refractivity contribution < 1.29 is 23.5 Å². The molecule has 2 N–H and O–H groups in total. The van der Waals surface area contributed by atoms with E-state index in [9.17, 15) is 14.0 Å². The van der Waals surface area contributed by atoms with E-state index in [4.69, 9.17) is 9.47 Å². The van der Waals surface area contributed by atoms with E-state index in [1.165, 1.54) is 12.3 Å². The minimum atomic E-state index is -0.654. The molecule has 1 unspecified atom stereocenters. The van der Waals surface area contributed by atoms with E-state index in [0.29, 0.717) is 30.0 Å². The highest BCUT2D eigenvalue weighted by Gasteiger charge is 2.48. The van der Waals surface area contributed by atoms with Crippen molar-refractivity contribution in [1.29, 1.82) is 0 Å². The Morgan fingerprint density at radius 3 is 2.37 bits per heavy atom. The van der Waals surface area contributed by atoms with Crippen LogP contribution < -0.4 is 15.4 Å². The third kappa shape index (κ3) is 7.17. The van der Waals surface area contributed by atoms with Crippen LogP contribution >= 0.6 is 0 Å². The lowest BCUT2D eigenvalue weighted by Crippen LogP contribution is -2.51. The fraction of sp³-hybridized carbons (Fsp3) is 0.457. The third-order valence-electron chi connectivity index (χ3n) is 8.60. The van der Waals surface area contributed by atoms with Gasteiger partial charge >= 0.3 is 6.09 Å². The number of fused-ring (bicyclic) bond motifs is 1. The van der Waals surface area contributed by atoms with E-state index in [-0.39, 0.29) is 17.7 Å². The van der Waals surface area contributed by atoms with E-state index >= 15 is 0 Å². The Bertz CT molecular complexity index is 1470. The summed E-state index contributed by atoms with van der Waals surface area (Å²) in [4.78, 5) is 30.8. The summed E-state index contributed by atoms with van der Waals surface area (Å²) in [7, 11) is 0. The fourth-order valence-corrected chi connectivity index (χ4v) is 6.44. The highest BCUT2D eigenvalue weighted by molar-refractivity contribution is 5.97. The number of nitrogens with one attached hydrogen (secondary N) is 2. The summed E-state index contributed by atoms with van der Waals surface area (Å²) < 4.78 is 26.0. The second-order valence-corrected chi connectivity index (χ2v) is 13.2. The van der Waals surface area contributed by atoms with Crippen LogP contribution in [0.25, 0.3) is 0 Å². The van der Waals surface area contributed by atoms with E-state index < -0.39 is 23.6 Å². The molecule has 3 aliphatic carbocycles. The predicted octanol–water partition coefficient (Wildman–Crippen LogP) is 7.15. The molecule has 0 aliphatic heterocycles. The summed E-state index contributed by atoms with van der Waals surface area (Å²) in [5, 5.41) is 6.02. The molecule has 0 bridgehead atoms. The number of alkyl carbamates (subject to hydrolysis) is 1. The fourth-order valence-electron chi connectivity index (χ4n) is 6.44. The molecule has 0 radical (unpaired) electrons. The number of hydrogen-bond acceptors (Lipinski definition) is 5. The summed E-state index contributed by atoms with van der Waals surface area (Å²) >= 11 is 0. The molecular weight excluding hydrogens is 545 g/mol. The number of aryl methyl sites for hydroxylation is 1. The molecule has 226 valence electrons. The molecule has 2 fully saturated rings. The van der Waals surface area contributed by atoms with Crippen molar-refractivity contribution in [3.05, 3.63) is 88.9 Å². The third-order valence-corrected chi connectivity index (χ3v) is 8.60. The lowest BCUT2D eigenvalue weighted by molar-refractivity contribution is -0.120. The summed E-state index contributed by atoms with van der Waals surface area (Å²) in [5.41, 5.74) is 3.94. The van der Waals surface area contributed by atoms with Gasteiger partial charge in [-0.25, -0.2) is 14.2 Å². The Labute approximate surface area is 252 Å². The van der Waals surface area contributed by atoms with Crippen LogP contribution in [0.3, 0.4) is 0 Å². The zero-order valence-electron chi connectivity index (χ0n) is 25.1. The summed E-state index contributed by atoms with van der Waals surface area (Å²) in [6.07, 6.45) is 6.56. The van der Waals surface area contributed by atoms with Gasteiger partial charge in [0, 0.05) is 17.2 Å². The zero-order valence-corrected chi connectivity index (χ0v) is 25.1. The van der Waals surface area contributed by atoms with Crippen molar-refractivity contribution in [2.45, 2.75) is 83.5 Å². The lowest BCUT2D eigenvalue weighted by Gasteiger charge is -2.29. The van der Waals surface area contributed by atoms with Crippen molar-refractivity contribution in [2.24, 2.45) is 17.8 Å². The number of carbonyl (C=O) groups excluding carboxylic acids is 2. The van der Waals surface area contributed by atoms with E-state index in [1.807, 2.05) is 69.3 Å². The maximum Gasteiger partial charge on any atom is 0.408 e. The van der Waals surface area contributed by atoms with Gasteiger partial charge in [0.25, 0.3) is 0 Å². The number of carbonyl (C=O) groups is 2. The van der Waals surface area contributed by atoms with Gasteiger partial charge in [-0.1, -0.05) is 36.4 Å². The van der Waals surface area contributed by atoms with Gasteiger partial charge in [-0.15, -0.1) is 0 Å². The number of aromatic nitrogens is 1. The lowest BCUT2D eigenvalue weighted by atomic mass is 9.88. The molecule has 43 heavy (non-hydrogen) atoms. The van der Waals surface area contributed by atoms with Crippen LogP contribution in [0, 0.1) is 23.6 Å². The van der Waals surface area contributed by atoms with Gasteiger partial charge in [-0.05, 0) is 112 Å². The molecule has 2 atom stereocenters. The number of pyridine rings is 1. The monoisotopic (exact) mass is 585 g/mol. The minimum absolute atomic E-state index is 0.0653. The molecule has 1 aromatic heterocycles. The number of hydrogen-bond donors (Lipinski definition) is 2. The van der Waals surface area contributed by atoms with Crippen LogP contribution in [-0.2, 0) is 22.6 Å². The molecule has 3 aliphatic rings. The number of anilines is 1. The van der Waals surface area contributed by atoms with Crippen molar-refractivity contribution in [3.8, 4) is 5.88 Å². The van der Waals surface area contributed by atoms with Gasteiger partial charge in [0.05, 0.1) is 6.20 Å². The van der Waals surface area contributed by atoms with Gasteiger partial charge in [0.1, 0.15) is 24.1 Å². The number of halogens is 1. The van der Waals surface area contributed by atoms with Gasteiger partial charge < -0.3 is 20.1 Å². The number of rotatable bonds is 10. The molecule has 0 spiro atoms. The largest absolute Gasteiger partial charge is 0.473 e. The highest BCUT2D eigenvalue weighted by atomic mass is 19.1. The van der Waals surface area contributed by atoms with Crippen molar-refractivity contribution in [1.82, 2.24) is 10.3 Å². The average molecular weight is 586 g/mol. The molecule has 0 saturated heterocycles. The van der Waals surface area contributed by atoms with Crippen LogP contribution in [0.4, 0.5) is 14.9 Å². The van der Waals surface area contributed by atoms with Gasteiger partial charge in [-0.3, -0.25) is 4.79 Å². The van der Waals surface area contributed by atoms with Gasteiger partial charge in [0.15, 0.2) is 0 Å². The Hall–Kier alpha value is -3.94. The normalized spacial score (nSPS) is 18.6. The first-order chi connectivity index (χ1) is 20.6. The summed E-state index contributed by atoms with van der Waals surface area (Å²) in [6, 6.07) is 16.6. The zero-order chi connectivity index (χ0) is 30.1. The predicted molar refractivity (Wildman–Crippen MR) is 162 cm³/mol. The van der Waals surface area contributed by atoms with E-state index in [0.717, 1.165) is 60.8 Å². The van der Waals surface area contributed by atoms with Crippen molar-refractivity contribution >= 4 is 17.7 Å². The van der Waals surface area contributed by atoms with Crippen LogP contribution in [0.1, 0.15) is 81.0 Å². The number of ether oxygens (including phenoxy) is 2. The molecule has 2 amide bonds. The van der Waals surface area contributed by atoms with E-state index in [2.05, 4.69) is 15.6 Å². The maximum absolute atomic E-state index is 14.4. The second-order valence-electron chi connectivity index (χ2n) is 13.2. The average Bonchev–Trinajstić information content (AvgIpc) is 3.91. The second kappa shape index (κ2) is 12.0.